The lowest BCUT2D eigenvalue weighted by molar-refractivity contribution is -0.124. The fraction of sp³-hybridized carbons (Fsp3) is 0.333. The number of hydrogen-bond acceptors (Lipinski definition) is 7. The molecule has 0 saturated carbocycles. The van der Waals surface area contributed by atoms with Crippen LogP contribution >= 0.6 is 11.8 Å². The molecule has 9 heteroatoms. The van der Waals surface area contributed by atoms with Crippen LogP contribution in [0.4, 0.5) is 11.4 Å². The lowest BCUT2D eigenvalue weighted by atomic mass is 10.1. The van der Waals surface area contributed by atoms with Crippen molar-refractivity contribution >= 4 is 35.0 Å². The highest BCUT2D eigenvalue weighted by molar-refractivity contribution is 7.99. The molecule has 36 heavy (non-hydrogen) atoms. The van der Waals surface area contributed by atoms with Gasteiger partial charge in [-0.1, -0.05) is 23.9 Å². The molecule has 0 bridgehead atoms. The number of benzene rings is 2. The van der Waals surface area contributed by atoms with E-state index in [-0.39, 0.29) is 24.7 Å². The molecule has 0 aliphatic carbocycles. The average molecular weight is 506 g/mol. The second-order valence-corrected chi connectivity index (χ2v) is 9.63. The summed E-state index contributed by atoms with van der Waals surface area (Å²) in [4.78, 5) is 36.0. The fourth-order valence-electron chi connectivity index (χ4n) is 3.77. The van der Waals surface area contributed by atoms with Crippen LogP contribution in [0.2, 0.25) is 0 Å². The van der Waals surface area contributed by atoms with E-state index in [0.717, 1.165) is 47.6 Å². The number of carbonyl (C=O) groups excluding carboxylic acids is 2. The smallest absolute Gasteiger partial charge is 0.224 e. The minimum atomic E-state index is -0.187. The zero-order valence-electron chi connectivity index (χ0n) is 20.6. The van der Waals surface area contributed by atoms with Gasteiger partial charge in [-0.15, -0.1) is 0 Å². The Bertz CT molecular complexity index is 1180. The van der Waals surface area contributed by atoms with Gasteiger partial charge in [0.25, 0.3) is 0 Å². The maximum atomic E-state index is 12.0. The zero-order valence-corrected chi connectivity index (χ0v) is 21.4. The summed E-state index contributed by atoms with van der Waals surface area (Å²) in [5, 5.41) is 6.25. The zero-order chi connectivity index (χ0) is 25.3. The Morgan fingerprint density at radius 2 is 1.69 bits per heavy atom. The number of anilines is 2. The molecule has 1 aliphatic rings. The van der Waals surface area contributed by atoms with Crippen LogP contribution in [-0.4, -0.2) is 55.1 Å². The first-order valence-corrected chi connectivity index (χ1v) is 12.8. The molecule has 8 nitrogen and oxygen atoms in total. The summed E-state index contributed by atoms with van der Waals surface area (Å²) in [6.45, 7) is 5.40. The van der Waals surface area contributed by atoms with Gasteiger partial charge in [-0.2, -0.15) is 0 Å². The first-order chi connectivity index (χ1) is 17.5. The van der Waals surface area contributed by atoms with Crippen molar-refractivity contribution in [3.05, 3.63) is 71.7 Å². The van der Waals surface area contributed by atoms with Gasteiger partial charge in [-0.25, -0.2) is 9.97 Å². The Hall–Kier alpha value is -3.43. The third-order valence-electron chi connectivity index (χ3n) is 5.86. The minimum absolute atomic E-state index is 0.148. The van der Waals surface area contributed by atoms with Crippen LogP contribution in [0.5, 0.6) is 0 Å². The second-order valence-electron chi connectivity index (χ2n) is 8.56. The summed E-state index contributed by atoms with van der Waals surface area (Å²) in [5.41, 5.74) is 4.09. The summed E-state index contributed by atoms with van der Waals surface area (Å²) in [5.74, 6) is 0.442. The Kier molecular flexibility index (Phi) is 8.91. The van der Waals surface area contributed by atoms with E-state index < -0.39 is 0 Å². The molecule has 0 radical (unpaired) electrons. The molecular formula is C27H31N5O3S. The van der Waals surface area contributed by atoms with Crippen molar-refractivity contribution in [1.82, 2.24) is 15.3 Å². The van der Waals surface area contributed by atoms with Crippen LogP contribution in [-0.2, 0) is 20.7 Å². The molecule has 2 N–H and O–H groups in total. The maximum Gasteiger partial charge on any atom is 0.224 e. The second kappa shape index (κ2) is 12.5. The number of aromatic nitrogens is 2. The lowest BCUT2D eigenvalue weighted by Gasteiger charge is -2.28. The van der Waals surface area contributed by atoms with Crippen molar-refractivity contribution < 1.29 is 14.3 Å². The van der Waals surface area contributed by atoms with E-state index in [1.807, 2.05) is 37.4 Å². The summed E-state index contributed by atoms with van der Waals surface area (Å²) < 4.78 is 5.44. The number of nitrogens with zero attached hydrogens (tertiary/aromatic N) is 3. The number of nitrogens with one attached hydrogen (secondary N) is 2. The van der Waals surface area contributed by atoms with Gasteiger partial charge in [0.15, 0.2) is 0 Å². The number of carbonyl (C=O) groups is 2. The molecule has 0 unspecified atom stereocenters. The molecular weight excluding hydrogens is 474 g/mol. The summed E-state index contributed by atoms with van der Waals surface area (Å²) in [6.07, 6.45) is 2.85. The molecule has 2 aromatic carbocycles. The van der Waals surface area contributed by atoms with Gasteiger partial charge in [0, 0.05) is 61.9 Å². The van der Waals surface area contributed by atoms with Gasteiger partial charge in [0.2, 0.25) is 11.8 Å². The Balaban J connectivity index is 1.35. The topological polar surface area (TPSA) is 96.5 Å². The van der Waals surface area contributed by atoms with E-state index in [1.54, 1.807) is 18.8 Å². The van der Waals surface area contributed by atoms with Gasteiger partial charge < -0.3 is 20.3 Å². The summed E-state index contributed by atoms with van der Waals surface area (Å²) in [7, 11) is 1.56. The van der Waals surface area contributed by atoms with Crippen molar-refractivity contribution in [3.8, 4) is 0 Å². The summed E-state index contributed by atoms with van der Waals surface area (Å²) in [6, 6.07) is 16.2. The molecule has 0 atom stereocenters. The third-order valence-corrected chi connectivity index (χ3v) is 6.98. The number of aryl methyl sites for hydroxylation is 1. The monoisotopic (exact) mass is 505 g/mol. The standard InChI is InChI=1S/C27H31N5O3S/c1-19-18-29-24(17-20-3-7-22(8-4-20)32-13-15-35-16-14-32)31-27(19)36-23-9-5-21(6-10-23)30-26(34)12-11-25(33)28-2/h3-10,18H,11-17H2,1-2H3,(H,28,33)(H,30,34). The molecule has 1 saturated heterocycles. The van der Waals surface area contributed by atoms with E-state index in [0.29, 0.717) is 12.1 Å². The van der Waals surface area contributed by atoms with Crippen LogP contribution in [0, 0.1) is 6.92 Å². The first-order valence-electron chi connectivity index (χ1n) is 12.0. The Morgan fingerprint density at radius 1 is 1.00 bits per heavy atom. The molecule has 4 rings (SSSR count). The van der Waals surface area contributed by atoms with Gasteiger partial charge in [0.1, 0.15) is 10.9 Å². The van der Waals surface area contributed by atoms with Crippen molar-refractivity contribution in [3.63, 3.8) is 0 Å². The van der Waals surface area contributed by atoms with Gasteiger partial charge in [-0.05, 0) is 54.4 Å². The average Bonchev–Trinajstić information content (AvgIpc) is 2.91. The fourth-order valence-corrected chi connectivity index (χ4v) is 4.63. The first kappa shape index (κ1) is 25.7. The molecule has 2 heterocycles. The normalized spacial score (nSPS) is 13.3. The molecule has 1 aromatic heterocycles. The van der Waals surface area contributed by atoms with Gasteiger partial charge in [0.05, 0.1) is 13.2 Å². The quantitative estimate of drug-likeness (QED) is 0.427. The van der Waals surface area contributed by atoms with Gasteiger partial charge >= 0.3 is 0 Å². The number of amides is 2. The number of ether oxygens (including phenoxy) is 1. The molecule has 3 aromatic rings. The van der Waals surface area contributed by atoms with Crippen LogP contribution in [0.3, 0.4) is 0 Å². The van der Waals surface area contributed by atoms with E-state index in [9.17, 15) is 9.59 Å². The van der Waals surface area contributed by atoms with E-state index in [1.165, 1.54) is 11.3 Å². The largest absolute Gasteiger partial charge is 0.378 e. The number of morpholine rings is 1. The molecule has 0 spiro atoms. The third kappa shape index (κ3) is 7.29. The molecule has 2 amide bonds. The van der Waals surface area contributed by atoms with Crippen LogP contribution in [0.15, 0.2) is 64.6 Å². The lowest BCUT2D eigenvalue weighted by Crippen LogP contribution is -2.36. The van der Waals surface area contributed by atoms with Crippen molar-refractivity contribution in [2.45, 2.75) is 36.1 Å². The van der Waals surface area contributed by atoms with E-state index >= 15 is 0 Å². The van der Waals surface area contributed by atoms with Crippen molar-refractivity contribution in [2.24, 2.45) is 0 Å². The van der Waals surface area contributed by atoms with E-state index in [4.69, 9.17) is 9.72 Å². The molecule has 1 fully saturated rings. The van der Waals surface area contributed by atoms with Gasteiger partial charge in [-0.3, -0.25) is 9.59 Å². The number of hydrogen-bond donors (Lipinski definition) is 2. The highest BCUT2D eigenvalue weighted by Crippen LogP contribution is 2.29. The minimum Gasteiger partial charge on any atom is -0.378 e. The number of rotatable bonds is 9. The van der Waals surface area contributed by atoms with E-state index in [2.05, 4.69) is 44.8 Å². The SMILES string of the molecule is CNC(=O)CCC(=O)Nc1ccc(Sc2nc(Cc3ccc(N4CCOCC4)cc3)ncc2C)cc1. The predicted octanol–water partition coefficient (Wildman–Crippen LogP) is 3.83. The van der Waals surface area contributed by atoms with Crippen molar-refractivity contribution in [1.29, 1.82) is 0 Å². The van der Waals surface area contributed by atoms with Crippen LogP contribution in [0.1, 0.15) is 29.8 Å². The van der Waals surface area contributed by atoms with Crippen LogP contribution < -0.4 is 15.5 Å². The Morgan fingerprint density at radius 3 is 2.39 bits per heavy atom. The summed E-state index contributed by atoms with van der Waals surface area (Å²) >= 11 is 1.57. The molecule has 1 aliphatic heterocycles. The van der Waals surface area contributed by atoms with Crippen LogP contribution in [0.25, 0.3) is 0 Å². The predicted molar refractivity (Wildman–Crippen MR) is 142 cm³/mol. The van der Waals surface area contributed by atoms with Crippen molar-refractivity contribution in [2.75, 3.05) is 43.6 Å². The maximum absolute atomic E-state index is 12.0. The highest BCUT2D eigenvalue weighted by atomic mass is 32.2. The molecule has 188 valence electrons. The highest BCUT2D eigenvalue weighted by Gasteiger charge is 2.12. The Labute approximate surface area is 215 Å².